The van der Waals surface area contributed by atoms with E-state index in [1.54, 1.807) is 21.6 Å². The molecule has 1 fully saturated rings. The number of hydrogen-bond acceptors (Lipinski definition) is 6. The molecule has 0 atom stereocenters. The minimum absolute atomic E-state index is 0.00339. The number of amides is 1. The lowest BCUT2D eigenvalue weighted by Crippen LogP contribution is -2.34. The highest BCUT2D eigenvalue weighted by Crippen LogP contribution is 2.29. The van der Waals surface area contributed by atoms with Crippen LogP contribution in [0.5, 0.6) is 5.75 Å². The van der Waals surface area contributed by atoms with E-state index in [-0.39, 0.29) is 41.2 Å². The zero-order chi connectivity index (χ0) is 20.4. The summed E-state index contributed by atoms with van der Waals surface area (Å²) in [7, 11) is 1.31. The van der Waals surface area contributed by atoms with Crippen LogP contribution in [0, 0.1) is 0 Å². The van der Waals surface area contributed by atoms with Crippen LogP contribution >= 0.6 is 0 Å². The number of nitrogens with zero attached hydrogens (tertiary/aromatic N) is 2. The Morgan fingerprint density at radius 1 is 1.17 bits per heavy atom. The van der Waals surface area contributed by atoms with Crippen molar-refractivity contribution in [3.05, 3.63) is 51.8 Å². The van der Waals surface area contributed by atoms with Gasteiger partial charge < -0.3 is 23.4 Å². The number of hydrogen-bond donors (Lipinski definition) is 0. The molecule has 1 amide bonds. The second-order valence-corrected chi connectivity index (χ2v) is 7.36. The van der Waals surface area contributed by atoms with Crippen molar-refractivity contribution in [2.75, 3.05) is 20.2 Å². The first-order valence-electron chi connectivity index (χ1n) is 9.93. The number of esters is 1. The van der Waals surface area contributed by atoms with Crippen molar-refractivity contribution in [1.29, 1.82) is 0 Å². The fraction of sp³-hybridized carbons (Fsp3) is 0.476. The molecular formula is C21H24N2O6. The first-order valence-corrected chi connectivity index (χ1v) is 9.93. The van der Waals surface area contributed by atoms with Gasteiger partial charge in [0, 0.05) is 37.8 Å². The summed E-state index contributed by atoms with van der Waals surface area (Å²) >= 11 is 0. The summed E-state index contributed by atoms with van der Waals surface area (Å²) in [6.45, 7) is 0.986. The maximum Gasteiger partial charge on any atom is 0.343 e. The highest BCUT2D eigenvalue weighted by Gasteiger charge is 2.29. The second-order valence-electron chi connectivity index (χ2n) is 7.36. The van der Waals surface area contributed by atoms with Gasteiger partial charge in [0.05, 0.1) is 19.5 Å². The van der Waals surface area contributed by atoms with Crippen molar-refractivity contribution in [1.82, 2.24) is 9.47 Å². The molecule has 1 aliphatic heterocycles. The lowest BCUT2D eigenvalue weighted by molar-refractivity contribution is 0.0590. The van der Waals surface area contributed by atoms with E-state index in [1.165, 1.54) is 19.4 Å². The number of carbonyl (C=O) groups is 2. The highest BCUT2D eigenvalue weighted by atomic mass is 16.5. The zero-order valence-electron chi connectivity index (χ0n) is 16.4. The lowest BCUT2D eigenvalue weighted by atomic mass is 10.1. The summed E-state index contributed by atoms with van der Waals surface area (Å²) in [6, 6.07) is 4.64. The monoisotopic (exact) mass is 400 g/mol. The van der Waals surface area contributed by atoms with Gasteiger partial charge in [-0.3, -0.25) is 9.59 Å². The molecular weight excluding hydrogens is 376 g/mol. The number of methoxy groups -OCH3 is 1. The van der Waals surface area contributed by atoms with E-state index >= 15 is 0 Å². The summed E-state index contributed by atoms with van der Waals surface area (Å²) in [5.41, 5.74) is 0.589. The molecule has 1 saturated carbocycles. The van der Waals surface area contributed by atoms with Crippen LogP contribution in [-0.4, -0.2) is 47.6 Å². The van der Waals surface area contributed by atoms with Gasteiger partial charge in [0.15, 0.2) is 5.76 Å². The Kier molecular flexibility index (Phi) is 5.42. The lowest BCUT2D eigenvalue weighted by Gasteiger charge is -2.19. The summed E-state index contributed by atoms with van der Waals surface area (Å²) in [5.74, 6) is -0.238. The Morgan fingerprint density at radius 2 is 1.97 bits per heavy atom. The van der Waals surface area contributed by atoms with E-state index in [9.17, 15) is 14.4 Å². The van der Waals surface area contributed by atoms with E-state index in [0.29, 0.717) is 25.2 Å². The Bertz CT molecular complexity index is 956. The first-order chi connectivity index (χ1) is 14.1. The van der Waals surface area contributed by atoms with E-state index in [1.807, 2.05) is 0 Å². The maximum absolute atomic E-state index is 12.8. The molecule has 8 nitrogen and oxygen atoms in total. The molecule has 0 unspecified atom stereocenters. The molecule has 154 valence electrons. The van der Waals surface area contributed by atoms with Gasteiger partial charge in [-0.15, -0.1) is 0 Å². The molecule has 4 rings (SSSR count). The van der Waals surface area contributed by atoms with Crippen LogP contribution in [-0.2, 0) is 17.7 Å². The molecule has 29 heavy (non-hydrogen) atoms. The van der Waals surface area contributed by atoms with Crippen molar-refractivity contribution in [3.63, 3.8) is 0 Å². The number of pyridine rings is 1. The SMILES string of the molecule is COC(=O)c1c(OC2CCCC2)cc(=O)n2c1CCN(C(=O)c1ccco1)CC2. The average Bonchev–Trinajstić information content (AvgIpc) is 3.38. The van der Waals surface area contributed by atoms with Gasteiger partial charge >= 0.3 is 5.97 Å². The molecule has 0 saturated heterocycles. The largest absolute Gasteiger partial charge is 0.489 e. The smallest absolute Gasteiger partial charge is 0.343 e. The quantitative estimate of drug-likeness (QED) is 0.731. The average molecular weight is 400 g/mol. The normalized spacial score (nSPS) is 16.9. The van der Waals surface area contributed by atoms with Crippen LogP contribution in [0.3, 0.4) is 0 Å². The van der Waals surface area contributed by atoms with Crippen LogP contribution < -0.4 is 10.3 Å². The number of ether oxygens (including phenoxy) is 2. The van der Waals surface area contributed by atoms with Gasteiger partial charge in [-0.2, -0.15) is 0 Å². The van der Waals surface area contributed by atoms with Crippen LogP contribution in [0.4, 0.5) is 0 Å². The fourth-order valence-corrected chi connectivity index (χ4v) is 4.11. The first kappa shape index (κ1) is 19.3. The van der Waals surface area contributed by atoms with Gasteiger partial charge in [0.25, 0.3) is 11.5 Å². The number of fused-ring (bicyclic) bond motifs is 1. The summed E-state index contributed by atoms with van der Waals surface area (Å²) in [6.07, 6.45) is 5.76. The molecule has 2 aromatic rings. The second kappa shape index (κ2) is 8.14. The van der Waals surface area contributed by atoms with E-state index in [4.69, 9.17) is 13.9 Å². The van der Waals surface area contributed by atoms with Crippen molar-refractivity contribution < 1.29 is 23.5 Å². The number of rotatable bonds is 4. The Hall–Kier alpha value is -3.03. The molecule has 3 heterocycles. The van der Waals surface area contributed by atoms with E-state index in [2.05, 4.69) is 0 Å². The third-order valence-corrected chi connectivity index (χ3v) is 5.60. The molecule has 8 heteroatoms. The molecule has 1 aliphatic carbocycles. The molecule has 0 bridgehead atoms. The van der Waals surface area contributed by atoms with Crippen molar-refractivity contribution in [2.24, 2.45) is 0 Å². The van der Waals surface area contributed by atoms with Crippen molar-refractivity contribution in [2.45, 2.75) is 44.8 Å². The standard InChI is InChI=1S/C21H24N2O6/c1-27-21(26)19-15-8-9-22(20(25)16-7-4-12-28-16)10-11-23(15)18(24)13-17(19)29-14-5-2-3-6-14/h4,7,12-14H,2-3,5-6,8-11H2,1H3. The summed E-state index contributed by atoms with van der Waals surface area (Å²) < 4.78 is 17.8. The topological polar surface area (TPSA) is 91.0 Å². The summed E-state index contributed by atoms with van der Waals surface area (Å²) in [5, 5.41) is 0. The third kappa shape index (κ3) is 3.79. The van der Waals surface area contributed by atoms with Gasteiger partial charge in [0.1, 0.15) is 11.3 Å². The van der Waals surface area contributed by atoms with Crippen LogP contribution in [0.15, 0.2) is 33.7 Å². The number of carbonyl (C=O) groups excluding carboxylic acids is 2. The highest BCUT2D eigenvalue weighted by molar-refractivity contribution is 5.94. The Labute approximate surface area is 168 Å². The van der Waals surface area contributed by atoms with Gasteiger partial charge in [-0.05, 0) is 37.8 Å². The molecule has 0 N–H and O–H groups in total. The van der Waals surface area contributed by atoms with Gasteiger partial charge in [-0.25, -0.2) is 4.79 Å². The van der Waals surface area contributed by atoms with Crippen LogP contribution in [0.25, 0.3) is 0 Å². The predicted octanol–water partition coefficient (Wildman–Crippen LogP) is 2.25. The van der Waals surface area contributed by atoms with Crippen molar-refractivity contribution >= 4 is 11.9 Å². The van der Waals surface area contributed by atoms with Crippen LogP contribution in [0.2, 0.25) is 0 Å². The third-order valence-electron chi connectivity index (χ3n) is 5.60. The van der Waals surface area contributed by atoms with E-state index in [0.717, 1.165) is 25.7 Å². The van der Waals surface area contributed by atoms with Gasteiger partial charge in [0.2, 0.25) is 0 Å². The predicted molar refractivity (Wildman–Crippen MR) is 103 cm³/mol. The zero-order valence-corrected chi connectivity index (χ0v) is 16.4. The minimum atomic E-state index is -0.535. The maximum atomic E-state index is 12.8. The van der Waals surface area contributed by atoms with E-state index < -0.39 is 5.97 Å². The van der Waals surface area contributed by atoms with Crippen LogP contribution in [0.1, 0.15) is 52.3 Å². The Balaban J connectivity index is 1.67. The molecule has 0 radical (unpaired) electrons. The number of furan rings is 1. The fourth-order valence-electron chi connectivity index (χ4n) is 4.11. The molecule has 2 aromatic heterocycles. The minimum Gasteiger partial charge on any atom is -0.489 e. The number of aromatic nitrogens is 1. The molecule has 2 aliphatic rings. The molecule has 0 aromatic carbocycles. The Morgan fingerprint density at radius 3 is 2.66 bits per heavy atom. The molecule has 0 spiro atoms. The summed E-state index contributed by atoms with van der Waals surface area (Å²) in [4.78, 5) is 39.7. The van der Waals surface area contributed by atoms with Gasteiger partial charge in [-0.1, -0.05) is 0 Å². The van der Waals surface area contributed by atoms with Crippen molar-refractivity contribution in [3.8, 4) is 5.75 Å².